The van der Waals surface area contributed by atoms with Gasteiger partial charge in [-0.1, -0.05) is 15.9 Å². The van der Waals surface area contributed by atoms with Crippen LogP contribution in [0.5, 0.6) is 5.75 Å². The fourth-order valence-corrected chi connectivity index (χ4v) is 1.32. The minimum absolute atomic E-state index is 0.0612. The maximum absolute atomic E-state index is 10.2. The van der Waals surface area contributed by atoms with E-state index in [4.69, 9.17) is 15.1 Å². The third kappa shape index (κ3) is 3.60. The zero-order valence-electron chi connectivity index (χ0n) is 7.74. The zero-order chi connectivity index (χ0) is 11.3. The summed E-state index contributed by atoms with van der Waals surface area (Å²) in [7, 11) is 0. The van der Waals surface area contributed by atoms with Crippen molar-refractivity contribution in [2.75, 3.05) is 6.61 Å². The number of carbonyl (C=O) groups is 1. The van der Waals surface area contributed by atoms with Crippen molar-refractivity contribution in [3.05, 3.63) is 28.2 Å². The molecule has 0 aromatic heterocycles. The normalized spacial score (nSPS) is 9.33. The Kier molecular flexibility index (Phi) is 4.13. The molecule has 4 nitrogen and oxygen atoms in total. The summed E-state index contributed by atoms with van der Waals surface area (Å²) in [5.41, 5.74) is 0.384. The van der Waals surface area contributed by atoms with E-state index < -0.39 is 5.97 Å². The molecule has 0 unspecified atom stereocenters. The number of aliphatic carboxylic acids is 1. The third-order valence-electron chi connectivity index (χ3n) is 1.64. The molecule has 78 valence electrons. The average molecular weight is 270 g/mol. The van der Waals surface area contributed by atoms with E-state index in [9.17, 15) is 4.79 Å². The number of ether oxygens (including phenoxy) is 1. The first-order chi connectivity index (χ1) is 7.13. The summed E-state index contributed by atoms with van der Waals surface area (Å²) in [6, 6.07) is 6.96. The molecule has 1 aromatic rings. The van der Waals surface area contributed by atoms with Gasteiger partial charge in [0, 0.05) is 4.47 Å². The molecule has 5 heteroatoms. The maximum atomic E-state index is 10.2. The van der Waals surface area contributed by atoms with Crippen LogP contribution in [0.2, 0.25) is 0 Å². The number of nitrogens with zero attached hydrogens (tertiary/aromatic N) is 1. The van der Waals surface area contributed by atoms with Gasteiger partial charge in [0.25, 0.3) is 0 Å². The highest BCUT2D eigenvalue weighted by Crippen LogP contribution is 2.22. The van der Waals surface area contributed by atoms with Crippen LogP contribution in [0.15, 0.2) is 22.7 Å². The van der Waals surface area contributed by atoms with Crippen molar-refractivity contribution in [2.24, 2.45) is 0 Å². The Bertz CT molecular complexity index is 412. The van der Waals surface area contributed by atoms with Gasteiger partial charge in [-0.25, -0.2) is 0 Å². The number of rotatable bonds is 4. The second kappa shape index (κ2) is 5.37. The summed E-state index contributed by atoms with van der Waals surface area (Å²) < 4.78 is 5.95. The van der Waals surface area contributed by atoms with Gasteiger partial charge in [-0.05, 0) is 18.2 Å². The first-order valence-corrected chi connectivity index (χ1v) is 4.97. The number of halogens is 1. The molecule has 0 bridgehead atoms. The molecule has 15 heavy (non-hydrogen) atoms. The summed E-state index contributed by atoms with van der Waals surface area (Å²) in [4.78, 5) is 10.2. The second-order valence-electron chi connectivity index (χ2n) is 2.74. The number of nitriles is 1. The van der Waals surface area contributed by atoms with E-state index in [2.05, 4.69) is 15.9 Å². The van der Waals surface area contributed by atoms with Crippen molar-refractivity contribution in [1.82, 2.24) is 0 Å². The summed E-state index contributed by atoms with van der Waals surface area (Å²) in [6.07, 6.45) is -0.0824. The number of carboxylic acid groups (broad SMARTS) is 1. The van der Waals surface area contributed by atoms with Crippen molar-refractivity contribution in [3.63, 3.8) is 0 Å². The molecule has 0 aliphatic heterocycles. The van der Waals surface area contributed by atoms with E-state index >= 15 is 0 Å². The predicted molar refractivity (Wildman–Crippen MR) is 56.6 cm³/mol. The Morgan fingerprint density at radius 1 is 1.60 bits per heavy atom. The van der Waals surface area contributed by atoms with Gasteiger partial charge in [0.1, 0.15) is 11.8 Å². The summed E-state index contributed by atoms with van der Waals surface area (Å²) in [6.45, 7) is 0.0612. The van der Waals surface area contributed by atoms with Gasteiger partial charge in [0.15, 0.2) is 0 Å². The fraction of sp³-hybridized carbons (Fsp3) is 0.200. The van der Waals surface area contributed by atoms with Gasteiger partial charge >= 0.3 is 5.97 Å². The van der Waals surface area contributed by atoms with Crippen LogP contribution in [0.4, 0.5) is 0 Å². The average Bonchev–Trinajstić information content (AvgIpc) is 2.19. The Morgan fingerprint density at radius 2 is 2.33 bits per heavy atom. The molecule has 0 atom stereocenters. The van der Waals surface area contributed by atoms with Gasteiger partial charge in [0.2, 0.25) is 0 Å². The lowest BCUT2D eigenvalue weighted by Crippen LogP contribution is -2.05. The van der Waals surface area contributed by atoms with Crippen LogP contribution in [0.25, 0.3) is 0 Å². The summed E-state index contributed by atoms with van der Waals surface area (Å²) >= 11 is 3.23. The Morgan fingerprint density at radius 3 is 2.93 bits per heavy atom. The third-order valence-corrected chi connectivity index (χ3v) is 2.13. The van der Waals surface area contributed by atoms with Gasteiger partial charge < -0.3 is 9.84 Å². The molecular weight excluding hydrogens is 262 g/mol. The zero-order valence-corrected chi connectivity index (χ0v) is 9.32. The summed E-state index contributed by atoms with van der Waals surface area (Å²) in [5, 5.41) is 17.2. The molecule has 0 aliphatic carbocycles. The highest BCUT2D eigenvalue weighted by Gasteiger charge is 2.04. The van der Waals surface area contributed by atoms with E-state index in [-0.39, 0.29) is 13.0 Å². The lowest BCUT2D eigenvalue weighted by atomic mass is 10.2. The highest BCUT2D eigenvalue weighted by atomic mass is 79.9. The van der Waals surface area contributed by atoms with Crippen molar-refractivity contribution in [3.8, 4) is 11.8 Å². The number of hydrogen-bond donors (Lipinski definition) is 1. The molecule has 0 heterocycles. The quantitative estimate of drug-likeness (QED) is 0.910. The molecule has 0 spiro atoms. The molecule has 1 rings (SSSR count). The first-order valence-electron chi connectivity index (χ1n) is 4.17. The van der Waals surface area contributed by atoms with Crippen LogP contribution < -0.4 is 4.74 Å². The van der Waals surface area contributed by atoms with E-state index in [1.54, 1.807) is 18.2 Å². The molecule has 0 amide bonds. The molecule has 1 aromatic carbocycles. The predicted octanol–water partition coefficient (Wildman–Crippen LogP) is 2.17. The van der Waals surface area contributed by atoms with Crippen LogP contribution in [0, 0.1) is 11.3 Å². The van der Waals surface area contributed by atoms with Crippen LogP contribution in [-0.4, -0.2) is 17.7 Å². The first kappa shape index (κ1) is 11.5. The molecule has 0 radical (unpaired) electrons. The standard InChI is InChI=1S/C10H8BrNO3/c11-8-1-2-9(7(5-8)6-12)15-4-3-10(13)14/h1-2,5H,3-4H2,(H,13,14). The Labute approximate surface area is 95.2 Å². The van der Waals surface area contributed by atoms with E-state index in [1.165, 1.54) is 0 Å². The number of hydrogen-bond acceptors (Lipinski definition) is 3. The monoisotopic (exact) mass is 269 g/mol. The Hall–Kier alpha value is -1.54. The number of benzene rings is 1. The molecule has 0 fully saturated rings. The lowest BCUT2D eigenvalue weighted by molar-refractivity contribution is -0.137. The van der Waals surface area contributed by atoms with Crippen LogP contribution in [0.1, 0.15) is 12.0 Å². The smallest absolute Gasteiger partial charge is 0.306 e. The largest absolute Gasteiger partial charge is 0.492 e. The summed E-state index contributed by atoms with van der Waals surface area (Å²) in [5.74, 6) is -0.521. The van der Waals surface area contributed by atoms with Crippen LogP contribution >= 0.6 is 15.9 Å². The van der Waals surface area contributed by atoms with Crippen molar-refractivity contribution >= 4 is 21.9 Å². The van der Waals surface area contributed by atoms with Gasteiger partial charge in [-0.2, -0.15) is 5.26 Å². The molecule has 0 saturated heterocycles. The Balaban J connectivity index is 2.69. The van der Waals surface area contributed by atoms with E-state index in [0.717, 1.165) is 4.47 Å². The van der Waals surface area contributed by atoms with Gasteiger partial charge in [0.05, 0.1) is 18.6 Å². The highest BCUT2D eigenvalue weighted by molar-refractivity contribution is 9.10. The topological polar surface area (TPSA) is 70.3 Å². The number of carboxylic acids is 1. The van der Waals surface area contributed by atoms with Crippen molar-refractivity contribution in [1.29, 1.82) is 5.26 Å². The van der Waals surface area contributed by atoms with Crippen LogP contribution in [0.3, 0.4) is 0 Å². The minimum atomic E-state index is -0.925. The molecular formula is C10H8BrNO3. The molecule has 0 aliphatic rings. The van der Waals surface area contributed by atoms with Crippen molar-refractivity contribution in [2.45, 2.75) is 6.42 Å². The van der Waals surface area contributed by atoms with Gasteiger partial charge in [-0.15, -0.1) is 0 Å². The maximum Gasteiger partial charge on any atom is 0.306 e. The van der Waals surface area contributed by atoms with Crippen molar-refractivity contribution < 1.29 is 14.6 Å². The fourth-order valence-electron chi connectivity index (χ4n) is 0.964. The SMILES string of the molecule is N#Cc1cc(Br)ccc1OCCC(=O)O. The molecule has 0 saturated carbocycles. The minimum Gasteiger partial charge on any atom is -0.492 e. The van der Waals surface area contributed by atoms with E-state index in [0.29, 0.717) is 11.3 Å². The second-order valence-corrected chi connectivity index (χ2v) is 3.66. The van der Waals surface area contributed by atoms with Gasteiger partial charge in [-0.3, -0.25) is 4.79 Å². The lowest BCUT2D eigenvalue weighted by Gasteiger charge is -2.06. The van der Waals surface area contributed by atoms with E-state index in [1.807, 2.05) is 6.07 Å². The van der Waals surface area contributed by atoms with Crippen LogP contribution in [-0.2, 0) is 4.79 Å². The molecule has 1 N–H and O–H groups in total.